The van der Waals surface area contributed by atoms with Gasteiger partial charge < -0.3 is 0 Å². The molecule has 2 aromatic carbocycles. The lowest BCUT2D eigenvalue weighted by Gasteiger charge is -2.27. The Morgan fingerprint density at radius 3 is 1.83 bits per heavy atom. The van der Waals surface area contributed by atoms with Crippen LogP contribution in [0.5, 0.6) is 0 Å². The molecule has 0 radical (unpaired) electrons. The Hall–Kier alpha value is -1.89. The third-order valence-corrected chi connectivity index (χ3v) is 5.85. The number of aryl methyl sites for hydroxylation is 4. The third kappa shape index (κ3) is 2.25. The molecule has 1 heteroatoms. The fourth-order valence-corrected chi connectivity index (χ4v) is 3.91. The number of nitrogens with zero attached hydrogens (tertiary/aromatic N) is 1. The van der Waals surface area contributed by atoms with Crippen LogP contribution in [0.4, 0.5) is 0 Å². The van der Waals surface area contributed by atoms with Crippen LogP contribution in [0.1, 0.15) is 59.7 Å². The molecule has 3 aromatic rings. The van der Waals surface area contributed by atoms with E-state index >= 15 is 0 Å². The average Bonchev–Trinajstić information content (AvgIpc) is 2.51. The molecule has 0 aliphatic carbocycles. The Labute approximate surface area is 146 Å². The van der Waals surface area contributed by atoms with Crippen molar-refractivity contribution in [3.8, 4) is 0 Å². The van der Waals surface area contributed by atoms with Crippen LogP contribution < -0.4 is 0 Å². The van der Waals surface area contributed by atoms with E-state index in [9.17, 15) is 0 Å². The number of rotatable bonds is 0. The van der Waals surface area contributed by atoms with Crippen LogP contribution in [0.25, 0.3) is 21.8 Å². The number of fused-ring (bicyclic) bond motifs is 2. The van der Waals surface area contributed by atoms with Crippen molar-refractivity contribution >= 4 is 21.8 Å². The van der Waals surface area contributed by atoms with Crippen molar-refractivity contribution in [3.05, 3.63) is 51.1 Å². The van der Waals surface area contributed by atoms with Gasteiger partial charge in [-0.2, -0.15) is 0 Å². The molecule has 1 nitrogen and oxygen atoms in total. The summed E-state index contributed by atoms with van der Waals surface area (Å²) in [7, 11) is 0. The molecule has 0 spiro atoms. The van der Waals surface area contributed by atoms with Crippen molar-refractivity contribution in [2.24, 2.45) is 0 Å². The molecule has 0 unspecified atom stereocenters. The summed E-state index contributed by atoms with van der Waals surface area (Å²) in [5.41, 5.74) is 11.9. The van der Waals surface area contributed by atoms with Gasteiger partial charge in [-0.25, -0.2) is 4.98 Å². The lowest BCUT2D eigenvalue weighted by atomic mass is 9.78. The third-order valence-electron chi connectivity index (χ3n) is 5.85. The first-order valence-electron chi connectivity index (χ1n) is 8.86. The molecule has 0 atom stereocenters. The van der Waals surface area contributed by atoms with E-state index < -0.39 is 0 Å². The van der Waals surface area contributed by atoms with Gasteiger partial charge in [-0.1, -0.05) is 32.9 Å². The number of pyridine rings is 1. The van der Waals surface area contributed by atoms with Crippen LogP contribution in [-0.2, 0) is 5.41 Å². The van der Waals surface area contributed by atoms with Gasteiger partial charge in [-0.3, -0.25) is 0 Å². The van der Waals surface area contributed by atoms with Gasteiger partial charge in [0.05, 0.1) is 11.0 Å². The van der Waals surface area contributed by atoms with E-state index in [4.69, 9.17) is 4.98 Å². The zero-order chi connectivity index (χ0) is 18.0. The molecule has 0 amide bonds. The van der Waals surface area contributed by atoms with E-state index in [1.807, 2.05) is 0 Å². The summed E-state index contributed by atoms with van der Waals surface area (Å²) in [5.74, 6) is 0. The van der Waals surface area contributed by atoms with Crippen molar-refractivity contribution < 1.29 is 0 Å². The maximum absolute atomic E-state index is 5.17. The van der Waals surface area contributed by atoms with E-state index in [0.717, 1.165) is 5.52 Å². The molecule has 0 aliphatic rings. The van der Waals surface area contributed by atoms with Crippen molar-refractivity contribution in [2.45, 2.75) is 67.7 Å². The molecule has 24 heavy (non-hydrogen) atoms. The Balaban J connectivity index is 2.74. The summed E-state index contributed by atoms with van der Waals surface area (Å²) in [4.78, 5) is 5.17. The fourth-order valence-electron chi connectivity index (χ4n) is 3.91. The second kappa shape index (κ2) is 5.31. The molecule has 0 fully saturated rings. The first-order chi connectivity index (χ1) is 11.1. The summed E-state index contributed by atoms with van der Waals surface area (Å²) in [5, 5.41) is 2.67. The van der Waals surface area contributed by atoms with Gasteiger partial charge in [0, 0.05) is 10.8 Å². The van der Waals surface area contributed by atoms with Gasteiger partial charge >= 0.3 is 0 Å². The summed E-state index contributed by atoms with van der Waals surface area (Å²) >= 11 is 0. The molecule has 126 valence electrons. The van der Waals surface area contributed by atoms with Gasteiger partial charge in [-0.05, 0) is 85.9 Å². The van der Waals surface area contributed by atoms with Gasteiger partial charge in [0.25, 0.3) is 0 Å². The lowest BCUT2D eigenvalue weighted by Crippen LogP contribution is -2.15. The lowest BCUT2D eigenvalue weighted by molar-refractivity contribution is 0.600. The SMILES string of the molecule is Cc1ccc2c(C(C)(C)C)c3c(C)c(C)c(C)c(C)c3nc2c1C. The predicted molar refractivity (Wildman–Crippen MR) is 106 cm³/mol. The maximum Gasteiger partial charge on any atom is 0.0747 e. The summed E-state index contributed by atoms with van der Waals surface area (Å²) in [6.07, 6.45) is 0. The number of aromatic nitrogens is 1. The van der Waals surface area contributed by atoms with Crippen LogP contribution in [0, 0.1) is 41.5 Å². The van der Waals surface area contributed by atoms with Gasteiger partial charge in [0.1, 0.15) is 0 Å². The smallest absolute Gasteiger partial charge is 0.0747 e. The van der Waals surface area contributed by atoms with Crippen molar-refractivity contribution in [2.75, 3.05) is 0 Å². The number of hydrogen-bond acceptors (Lipinski definition) is 1. The number of benzene rings is 2. The van der Waals surface area contributed by atoms with E-state index in [2.05, 4.69) is 74.4 Å². The molecule has 1 aromatic heterocycles. The minimum atomic E-state index is 0.0695. The van der Waals surface area contributed by atoms with Crippen molar-refractivity contribution in [3.63, 3.8) is 0 Å². The summed E-state index contributed by atoms with van der Waals surface area (Å²) in [6.45, 7) is 20.3. The van der Waals surface area contributed by atoms with Crippen LogP contribution in [0.15, 0.2) is 12.1 Å². The Morgan fingerprint density at radius 1 is 0.667 bits per heavy atom. The topological polar surface area (TPSA) is 12.9 Å². The minimum absolute atomic E-state index is 0.0695. The van der Waals surface area contributed by atoms with Crippen LogP contribution in [0.3, 0.4) is 0 Å². The van der Waals surface area contributed by atoms with Gasteiger partial charge in [0.2, 0.25) is 0 Å². The van der Waals surface area contributed by atoms with E-state index in [1.165, 1.54) is 55.2 Å². The van der Waals surface area contributed by atoms with E-state index in [0.29, 0.717) is 0 Å². The number of hydrogen-bond donors (Lipinski definition) is 0. The standard InChI is InChI=1S/C23H29N/c1-12-10-11-18-20(23(7,8)9)19-16(5)14(3)15(4)17(6)22(19)24-21(18)13(12)2/h10-11H,1-9H3. The monoisotopic (exact) mass is 319 g/mol. The highest BCUT2D eigenvalue weighted by atomic mass is 14.7. The molecule has 3 rings (SSSR count). The highest BCUT2D eigenvalue weighted by Gasteiger charge is 2.25. The zero-order valence-electron chi connectivity index (χ0n) is 16.6. The molecule has 1 heterocycles. The highest BCUT2D eigenvalue weighted by molar-refractivity contribution is 6.03. The molecular formula is C23H29N. The zero-order valence-corrected chi connectivity index (χ0v) is 16.6. The van der Waals surface area contributed by atoms with E-state index in [1.54, 1.807) is 0 Å². The molecule has 0 saturated carbocycles. The first-order valence-corrected chi connectivity index (χ1v) is 8.86. The molecular weight excluding hydrogens is 290 g/mol. The maximum atomic E-state index is 5.17. The molecule has 0 N–H and O–H groups in total. The first kappa shape index (κ1) is 17.0. The molecule has 0 aliphatic heterocycles. The average molecular weight is 319 g/mol. The van der Waals surface area contributed by atoms with E-state index in [-0.39, 0.29) is 5.41 Å². The Kier molecular flexibility index (Phi) is 3.75. The predicted octanol–water partition coefficient (Wildman–Crippen LogP) is 6.54. The van der Waals surface area contributed by atoms with Gasteiger partial charge in [0.15, 0.2) is 0 Å². The minimum Gasteiger partial charge on any atom is -0.247 e. The summed E-state index contributed by atoms with van der Waals surface area (Å²) in [6, 6.07) is 4.51. The van der Waals surface area contributed by atoms with Crippen molar-refractivity contribution in [1.29, 1.82) is 0 Å². The van der Waals surface area contributed by atoms with Gasteiger partial charge in [-0.15, -0.1) is 0 Å². The quantitative estimate of drug-likeness (QED) is 0.429. The molecule has 0 saturated heterocycles. The second-order valence-electron chi connectivity index (χ2n) is 8.36. The Morgan fingerprint density at radius 2 is 1.25 bits per heavy atom. The van der Waals surface area contributed by atoms with Crippen LogP contribution in [-0.4, -0.2) is 4.98 Å². The normalized spacial score (nSPS) is 12.4. The highest BCUT2D eigenvalue weighted by Crippen LogP contribution is 2.40. The van der Waals surface area contributed by atoms with Crippen LogP contribution >= 0.6 is 0 Å². The molecule has 0 bridgehead atoms. The Bertz CT molecular complexity index is 985. The van der Waals surface area contributed by atoms with Crippen molar-refractivity contribution in [1.82, 2.24) is 4.98 Å². The van der Waals surface area contributed by atoms with Crippen LogP contribution in [0.2, 0.25) is 0 Å². The largest absolute Gasteiger partial charge is 0.247 e. The fraction of sp³-hybridized carbons (Fsp3) is 0.435. The second-order valence-corrected chi connectivity index (χ2v) is 8.36. The summed E-state index contributed by atoms with van der Waals surface area (Å²) < 4.78 is 0.